The Hall–Kier alpha value is -3.29. The molecule has 0 unspecified atom stereocenters. The van der Waals surface area contributed by atoms with Gasteiger partial charge in [0.25, 0.3) is 11.6 Å². The summed E-state index contributed by atoms with van der Waals surface area (Å²) in [7, 11) is 3.03. The molecule has 27 heavy (non-hydrogen) atoms. The van der Waals surface area contributed by atoms with Gasteiger partial charge in [-0.2, -0.15) is 0 Å². The van der Waals surface area contributed by atoms with Crippen LogP contribution in [0.25, 0.3) is 0 Å². The lowest BCUT2D eigenvalue weighted by atomic mass is 10.1. The van der Waals surface area contributed by atoms with Crippen LogP contribution in [-0.2, 0) is 0 Å². The SMILES string of the molecule is COc1cc(NC(=O)c2ccc(N3CCCC3)c([N+](=O)[O-])c2)cc(OC)c1. The zero-order valence-electron chi connectivity index (χ0n) is 15.2. The first kappa shape index (κ1) is 18.5. The van der Waals surface area contributed by atoms with Crippen LogP contribution >= 0.6 is 0 Å². The second-order valence-electron chi connectivity index (χ2n) is 6.21. The Kier molecular flexibility index (Phi) is 5.44. The van der Waals surface area contributed by atoms with Crippen LogP contribution in [-0.4, -0.2) is 38.1 Å². The number of hydrogen-bond acceptors (Lipinski definition) is 6. The van der Waals surface area contributed by atoms with Crippen molar-refractivity contribution in [2.45, 2.75) is 12.8 Å². The number of nitro benzene ring substituents is 1. The van der Waals surface area contributed by atoms with Gasteiger partial charge in [0.05, 0.1) is 19.1 Å². The van der Waals surface area contributed by atoms with Gasteiger partial charge in [-0.25, -0.2) is 0 Å². The summed E-state index contributed by atoms with van der Waals surface area (Å²) in [4.78, 5) is 25.6. The third kappa shape index (κ3) is 4.11. The van der Waals surface area contributed by atoms with Gasteiger partial charge in [-0.1, -0.05) is 0 Å². The van der Waals surface area contributed by atoms with Crippen LogP contribution in [0.1, 0.15) is 23.2 Å². The number of anilines is 2. The molecule has 8 heteroatoms. The fourth-order valence-corrected chi connectivity index (χ4v) is 3.12. The van der Waals surface area contributed by atoms with Crippen LogP contribution in [0.2, 0.25) is 0 Å². The summed E-state index contributed by atoms with van der Waals surface area (Å²) in [6.07, 6.45) is 2.02. The summed E-state index contributed by atoms with van der Waals surface area (Å²) in [5.74, 6) is 0.612. The van der Waals surface area contributed by atoms with Gasteiger partial charge in [0.15, 0.2) is 0 Å². The zero-order valence-corrected chi connectivity index (χ0v) is 15.2. The van der Waals surface area contributed by atoms with Gasteiger partial charge < -0.3 is 19.7 Å². The molecule has 0 spiro atoms. The fraction of sp³-hybridized carbons (Fsp3) is 0.316. The number of carbonyl (C=O) groups excluding carboxylic acids is 1. The van der Waals surface area contributed by atoms with E-state index in [0.29, 0.717) is 22.9 Å². The van der Waals surface area contributed by atoms with Gasteiger partial charge in [0, 0.05) is 48.6 Å². The van der Waals surface area contributed by atoms with E-state index < -0.39 is 10.8 Å². The molecule has 1 aliphatic rings. The van der Waals surface area contributed by atoms with Crippen molar-refractivity contribution < 1.29 is 19.2 Å². The first-order valence-electron chi connectivity index (χ1n) is 8.59. The third-order valence-corrected chi connectivity index (χ3v) is 4.49. The molecule has 0 atom stereocenters. The van der Waals surface area contributed by atoms with Gasteiger partial charge in [-0.05, 0) is 25.0 Å². The number of rotatable bonds is 6. The first-order valence-corrected chi connectivity index (χ1v) is 8.59. The van der Waals surface area contributed by atoms with Crippen molar-refractivity contribution in [3.8, 4) is 11.5 Å². The standard InChI is InChI=1S/C19H21N3O5/c1-26-15-10-14(11-16(12-15)27-2)20-19(23)13-5-6-17(18(9-13)22(24)25)21-7-3-4-8-21/h5-6,9-12H,3-4,7-8H2,1-2H3,(H,20,23). The number of nitrogens with zero attached hydrogens (tertiary/aromatic N) is 2. The first-order chi connectivity index (χ1) is 13.0. The second kappa shape index (κ2) is 7.94. The normalized spacial score (nSPS) is 13.3. The molecule has 1 aliphatic heterocycles. The highest BCUT2D eigenvalue weighted by Crippen LogP contribution is 2.32. The fourth-order valence-electron chi connectivity index (χ4n) is 3.12. The predicted molar refractivity (Wildman–Crippen MR) is 102 cm³/mol. The molecule has 0 radical (unpaired) electrons. The monoisotopic (exact) mass is 371 g/mol. The van der Waals surface area contributed by atoms with Crippen LogP contribution in [0.5, 0.6) is 11.5 Å². The lowest BCUT2D eigenvalue weighted by molar-refractivity contribution is -0.384. The molecule has 142 valence electrons. The van der Waals surface area contributed by atoms with E-state index in [0.717, 1.165) is 25.9 Å². The van der Waals surface area contributed by atoms with Crippen molar-refractivity contribution in [1.82, 2.24) is 0 Å². The Labute approximate surface area is 156 Å². The lowest BCUT2D eigenvalue weighted by Crippen LogP contribution is -2.19. The average Bonchev–Trinajstić information content (AvgIpc) is 3.21. The molecule has 3 rings (SSSR count). The summed E-state index contributed by atoms with van der Waals surface area (Å²) in [6, 6.07) is 9.55. The predicted octanol–water partition coefficient (Wildman–Crippen LogP) is 3.46. The zero-order chi connectivity index (χ0) is 19.4. The quantitative estimate of drug-likeness (QED) is 0.617. The molecular formula is C19H21N3O5. The molecule has 0 saturated carbocycles. The molecular weight excluding hydrogens is 350 g/mol. The topological polar surface area (TPSA) is 93.9 Å². The van der Waals surface area contributed by atoms with E-state index in [2.05, 4.69) is 5.32 Å². The van der Waals surface area contributed by atoms with Gasteiger partial charge >= 0.3 is 0 Å². The van der Waals surface area contributed by atoms with Crippen molar-refractivity contribution in [2.75, 3.05) is 37.5 Å². The molecule has 1 amide bonds. The van der Waals surface area contributed by atoms with Crippen molar-refractivity contribution in [3.05, 3.63) is 52.1 Å². The van der Waals surface area contributed by atoms with Crippen LogP contribution in [0.15, 0.2) is 36.4 Å². The van der Waals surface area contributed by atoms with Gasteiger partial charge in [-0.15, -0.1) is 0 Å². The maximum atomic E-state index is 12.6. The maximum Gasteiger partial charge on any atom is 0.293 e. The highest BCUT2D eigenvalue weighted by molar-refractivity contribution is 6.05. The smallest absolute Gasteiger partial charge is 0.293 e. The van der Waals surface area contributed by atoms with E-state index in [-0.39, 0.29) is 11.3 Å². The number of nitrogens with one attached hydrogen (secondary N) is 1. The van der Waals surface area contributed by atoms with Crippen LogP contribution in [0.4, 0.5) is 17.1 Å². The minimum absolute atomic E-state index is 0.0622. The molecule has 0 aromatic heterocycles. The summed E-state index contributed by atoms with van der Waals surface area (Å²) in [6.45, 7) is 1.58. The molecule has 8 nitrogen and oxygen atoms in total. The number of methoxy groups -OCH3 is 2. The Morgan fingerprint density at radius 2 is 1.70 bits per heavy atom. The highest BCUT2D eigenvalue weighted by atomic mass is 16.6. The summed E-state index contributed by atoms with van der Waals surface area (Å²) < 4.78 is 10.4. The van der Waals surface area contributed by atoms with Crippen LogP contribution in [0.3, 0.4) is 0 Å². The lowest BCUT2D eigenvalue weighted by Gasteiger charge is -2.18. The van der Waals surface area contributed by atoms with E-state index in [1.165, 1.54) is 20.3 Å². The molecule has 1 fully saturated rings. The number of ether oxygens (including phenoxy) is 2. The van der Waals surface area contributed by atoms with Crippen LogP contribution in [0, 0.1) is 10.1 Å². The Morgan fingerprint density at radius 3 is 2.26 bits per heavy atom. The van der Waals surface area contributed by atoms with Gasteiger partial charge in [-0.3, -0.25) is 14.9 Å². The Morgan fingerprint density at radius 1 is 1.07 bits per heavy atom. The van der Waals surface area contributed by atoms with Gasteiger partial charge in [0.1, 0.15) is 17.2 Å². The number of benzene rings is 2. The number of amides is 1. The van der Waals surface area contributed by atoms with Crippen LogP contribution < -0.4 is 19.7 Å². The summed E-state index contributed by atoms with van der Waals surface area (Å²) in [5, 5.41) is 14.2. The largest absolute Gasteiger partial charge is 0.497 e. The molecule has 1 saturated heterocycles. The van der Waals surface area contributed by atoms with Crippen molar-refractivity contribution >= 4 is 23.0 Å². The van der Waals surface area contributed by atoms with Crippen molar-refractivity contribution in [3.63, 3.8) is 0 Å². The van der Waals surface area contributed by atoms with E-state index in [1.807, 2.05) is 4.90 Å². The third-order valence-electron chi connectivity index (χ3n) is 4.49. The Balaban J connectivity index is 1.86. The maximum absolute atomic E-state index is 12.6. The van der Waals surface area contributed by atoms with Crippen molar-refractivity contribution in [2.24, 2.45) is 0 Å². The molecule has 0 aliphatic carbocycles. The van der Waals surface area contributed by atoms with E-state index >= 15 is 0 Å². The second-order valence-corrected chi connectivity index (χ2v) is 6.21. The van der Waals surface area contributed by atoms with Crippen molar-refractivity contribution in [1.29, 1.82) is 0 Å². The molecule has 1 heterocycles. The van der Waals surface area contributed by atoms with Gasteiger partial charge in [0.2, 0.25) is 0 Å². The number of nitro groups is 1. The molecule has 0 bridgehead atoms. The minimum atomic E-state index is -0.445. The Bertz CT molecular complexity index is 840. The summed E-state index contributed by atoms with van der Waals surface area (Å²) >= 11 is 0. The average molecular weight is 371 g/mol. The highest BCUT2D eigenvalue weighted by Gasteiger charge is 2.24. The molecule has 2 aromatic rings. The van der Waals surface area contributed by atoms with E-state index in [1.54, 1.807) is 30.3 Å². The molecule has 1 N–H and O–H groups in total. The van der Waals surface area contributed by atoms with E-state index in [4.69, 9.17) is 9.47 Å². The minimum Gasteiger partial charge on any atom is -0.497 e. The summed E-state index contributed by atoms with van der Waals surface area (Å²) in [5.41, 5.74) is 1.18. The molecule has 2 aromatic carbocycles. The van der Waals surface area contributed by atoms with E-state index in [9.17, 15) is 14.9 Å². The number of carbonyl (C=O) groups is 1. The number of hydrogen-bond donors (Lipinski definition) is 1.